The number of hydrogen-bond acceptors (Lipinski definition) is 2. The minimum Gasteiger partial charge on any atom is -0.312 e. The molecule has 0 bridgehead atoms. The van der Waals surface area contributed by atoms with E-state index in [1.54, 1.807) is 0 Å². The van der Waals surface area contributed by atoms with Crippen LogP contribution in [0.15, 0.2) is 24.3 Å². The lowest BCUT2D eigenvalue weighted by molar-refractivity contribution is 0.592. The Morgan fingerprint density at radius 2 is 2.20 bits per heavy atom. The minimum atomic E-state index is 0.447. The van der Waals surface area contributed by atoms with Crippen LogP contribution in [-0.4, -0.2) is 7.05 Å². The van der Waals surface area contributed by atoms with Crippen molar-refractivity contribution < 1.29 is 0 Å². The molecule has 0 spiro atoms. The molecule has 15 heavy (non-hydrogen) atoms. The largest absolute Gasteiger partial charge is 0.312 e. The van der Waals surface area contributed by atoms with Crippen molar-refractivity contribution in [1.82, 2.24) is 5.32 Å². The van der Waals surface area contributed by atoms with E-state index in [2.05, 4.69) is 37.9 Å². The lowest BCUT2D eigenvalue weighted by Gasteiger charge is -2.15. The fourth-order valence-corrected chi connectivity index (χ4v) is 2.61. The summed E-state index contributed by atoms with van der Waals surface area (Å²) in [4.78, 5) is 2.90. The standard InChI is InChI=1S/C13H21NS/c1-5-10(3)9-12(14-4)13-8-7-11(6-2)15-13/h7-8,12,14H,3,5-6,9H2,1-2,4H3. The summed E-state index contributed by atoms with van der Waals surface area (Å²) >= 11 is 1.91. The first kappa shape index (κ1) is 12.5. The molecule has 0 saturated heterocycles. The van der Waals surface area contributed by atoms with Gasteiger partial charge in [-0.3, -0.25) is 0 Å². The maximum absolute atomic E-state index is 4.08. The molecular weight excluding hydrogens is 202 g/mol. The van der Waals surface area contributed by atoms with E-state index in [1.165, 1.54) is 15.3 Å². The first-order valence-electron chi connectivity index (χ1n) is 5.63. The first-order chi connectivity index (χ1) is 7.21. The van der Waals surface area contributed by atoms with Gasteiger partial charge in [-0.15, -0.1) is 11.3 Å². The van der Waals surface area contributed by atoms with Gasteiger partial charge in [0.05, 0.1) is 0 Å². The zero-order chi connectivity index (χ0) is 11.3. The topological polar surface area (TPSA) is 12.0 Å². The van der Waals surface area contributed by atoms with Crippen molar-refractivity contribution in [3.63, 3.8) is 0 Å². The van der Waals surface area contributed by atoms with Gasteiger partial charge in [0.25, 0.3) is 0 Å². The Morgan fingerprint density at radius 3 is 2.67 bits per heavy atom. The number of hydrogen-bond donors (Lipinski definition) is 1. The van der Waals surface area contributed by atoms with Gasteiger partial charge in [0.2, 0.25) is 0 Å². The third-order valence-corrected chi connectivity index (χ3v) is 4.06. The molecule has 2 heteroatoms. The molecule has 0 aromatic carbocycles. The number of nitrogens with one attached hydrogen (secondary N) is 1. The molecule has 0 saturated carbocycles. The highest BCUT2D eigenvalue weighted by Gasteiger charge is 2.12. The third kappa shape index (κ3) is 3.47. The lowest BCUT2D eigenvalue weighted by Crippen LogP contribution is -2.15. The molecule has 0 fully saturated rings. The zero-order valence-corrected chi connectivity index (χ0v) is 10.8. The summed E-state index contributed by atoms with van der Waals surface area (Å²) < 4.78 is 0. The second kappa shape index (κ2) is 6.09. The third-order valence-electron chi connectivity index (χ3n) is 2.72. The summed E-state index contributed by atoms with van der Waals surface area (Å²) in [5, 5.41) is 3.37. The molecule has 0 aliphatic heterocycles. The summed E-state index contributed by atoms with van der Waals surface area (Å²) in [5.74, 6) is 0. The van der Waals surface area contributed by atoms with Gasteiger partial charge in [0.1, 0.15) is 0 Å². The molecule has 0 aliphatic carbocycles. The Hall–Kier alpha value is -0.600. The number of rotatable bonds is 6. The van der Waals surface area contributed by atoms with Crippen LogP contribution in [0.25, 0.3) is 0 Å². The van der Waals surface area contributed by atoms with Crippen LogP contribution < -0.4 is 5.32 Å². The van der Waals surface area contributed by atoms with Gasteiger partial charge in [0.15, 0.2) is 0 Å². The van der Waals surface area contributed by atoms with Crippen molar-refractivity contribution in [1.29, 1.82) is 0 Å². The molecule has 84 valence electrons. The van der Waals surface area contributed by atoms with Crippen molar-refractivity contribution in [2.45, 2.75) is 39.2 Å². The average molecular weight is 223 g/mol. The van der Waals surface area contributed by atoms with Crippen molar-refractivity contribution in [3.8, 4) is 0 Å². The van der Waals surface area contributed by atoms with E-state index in [0.29, 0.717) is 6.04 Å². The van der Waals surface area contributed by atoms with Crippen molar-refractivity contribution >= 4 is 11.3 Å². The Morgan fingerprint density at radius 1 is 1.47 bits per heavy atom. The Kier molecular flexibility index (Phi) is 5.06. The van der Waals surface area contributed by atoms with Gasteiger partial charge in [-0.2, -0.15) is 0 Å². The van der Waals surface area contributed by atoms with Crippen LogP contribution in [0.3, 0.4) is 0 Å². The van der Waals surface area contributed by atoms with Crippen LogP contribution >= 0.6 is 11.3 Å². The van der Waals surface area contributed by atoms with E-state index < -0.39 is 0 Å². The quantitative estimate of drug-likeness (QED) is 0.721. The molecule has 0 radical (unpaired) electrons. The SMILES string of the molecule is C=C(CC)CC(NC)c1ccc(CC)s1. The van der Waals surface area contributed by atoms with Crippen LogP contribution in [-0.2, 0) is 6.42 Å². The molecule has 1 aromatic rings. The molecule has 1 nitrogen and oxygen atoms in total. The fraction of sp³-hybridized carbons (Fsp3) is 0.538. The zero-order valence-electron chi connectivity index (χ0n) is 9.97. The van der Waals surface area contributed by atoms with Gasteiger partial charge in [0, 0.05) is 15.8 Å². The maximum Gasteiger partial charge on any atom is 0.0449 e. The van der Waals surface area contributed by atoms with E-state index in [4.69, 9.17) is 0 Å². The molecule has 0 amide bonds. The molecule has 1 N–H and O–H groups in total. The Bertz CT molecular complexity index is 314. The van der Waals surface area contributed by atoms with Gasteiger partial charge in [-0.05, 0) is 38.4 Å². The highest BCUT2D eigenvalue weighted by molar-refractivity contribution is 7.12. The predicted molar refractivity (Wildman–Crippen MR) is 69.5 cm³/mol. The Balaban J connectivity index is 2.69. The summed E-state index contributed by atoms with van der Waals surface area (Å²) in [5.41, 5.74) is 1.32. The van der Waals surface area contributed by atoms with Gasteiger partial charge < -0.3 is 5.32 Å². The average Bonchev–Trinajstić information content (AvgIpc) is 2.73. The van der Waals surface area contributed by atoms with Crippen molar-refractivity contribution in [3.05, 3.63) is 34.0 Å². The second-order valence-electron chi connectivity index (χ2n) is 3.81. The van der Waals surface area contributed by atoms with Crippen LogP contribution in [0.2, 0.25) is 0 Å². The summed E-state index contributed by atoms with van der Waals surface area (Å²) in [6, 6.07) is 4.93. The summed E-state index contributed by atoms with van der Waals surface area (Å²) in [6.45, 7) is 8.45. The van der Waals surface area contributed by atoms with E-state index in [0.717, 1.165) is 19.3 Å². The normalized spacial score (nSPS) is 12.7. The molecule has 0 aliphatic rings. The summed E-state index contributed by atoms with van der Waals surface area (Å²) in [7, 11) is 2.03. The van der Waals surface area contributed by atoms with Crippen LogP contribution in [0, 0.1) is 0 Å². The summed E-state index contributed by atoms with van der Waals surface area (Å²) in [6.07, 6.45) is 3.26. The van der Waals surface area contributed by atoms with Crippen LogP contribution in [0.1, 0.15) is 42.5 Å². The van der Waals surface area contributed by atoms with Gasteiger partial charge >= 0.3 is 0 Å². The van der Waals surface area contributed by atoms with E-state index in [1.807, 2.05) is 18.4 Å². The van der Waals surface area contributed by atoms with Crippen LogP contribution in [0.5, 0.6) is 0 Å². The molecule has 1 heterocycles. The van der Waals surface area contributed by atoms with Crippen molar-refractivity contribution in [2.75, 3.05) is 7.05 Å². The molecule has 1 rings (SSSR count). The van der Waals surface area contributed by atoms with Gasteiger partial charge in [-0.1, -0.05) is 26.0 Å². The van der Waals surface area contributed by atoms with E-state index in [9.17, 15) is 0 Å². The highest BCUT2D eigenvalue weighted by atomic mass is 32.1. The number of aryl methyl sites for hydroxylation is 1. The van der Waals surface area contributed by atoms with Gasteiger partial charge in [-0.25, -0.2) is 0 Å². The number of thiophene rings is 1. The predicted octanol–water partition coefficient (Wildman–Crippen LogP) is 3.93. The first-order valence-corrected chi connectivity index (χ1v) is 6.45. The lowest BCUT2D eigenvalue weighted by atomic mass is 10.0. The monoisotopic (exact) mass is 223 g/mol. The van der Waals surface area contributed by atoms with E-state index >= 15 is 0 Å². The van der Waals surface area contributed by atoms with Crippen LogP contribution in [0.4, 0.5) is 0 Å². The highest BCUT2D eigenvalue weighted by Crippen LogP contribution is 2.28. The molecular formula is C13H21NS. The maximum atomic E-state index is 4.08. The second-order valence-corrected chi connectivity index (χ2v) is 5.01. The molecule has 1 atom stereocenters. The minimum absolute atomic E-state index is 0.447. The fourth-order valence-electron chi connectivity index (χ4n) is 1.55. The van der Waals surface area contributed by atoms with E-state index in [-0.39, 0.29) is 0 Å². The Labute approximate surface area is 97.2 Å². The van der Waals surface area contributed by atoms with Crippen molar-refractivity contribution in [2.24, 2.45) is 0 Å². The molecule has 1 unspecified atom stereocenters. The molecule has 1 aromatic heterocycles. The smallest absolute Gasteiger partial charge is 0.0449 e.